The highest BCUT2D eigenvalue weighted by Crippen LogP contribution is 2.29. The molecule has 0 heterocycles. The van der Waals surface area contributed by atoms with E-state index in [1.54, 1.807) is 0 Å². The van der Waals surface area contributed by atoms with Crippen LogP contribution in [0.15, 0.2) is 30.3 Å². The lowest BCUT2D eigenvalue weighted by Gasteiger charge is -2.20. The van der Waals surface area contributed by atoms with E-state index >= 15 is 0 Å². The van der Waals surface area contributed by atoms with E-state index in [0.717, 1.165) is 36.6 Å². The van der Waals surface area contributed by atoms with Gasteiger partial charge in [0.15, 0.2) is 0 Å². The van der Waals surface area contributed by atoms with E-state index in [-0.39, 0.29) is 0 Å². The molecule has 0 aromatic heterocycles. The molecule has 0 bridgehead atoms. The molecule has 1 saturated carbocycles. The van der Waals surface area contributed by atoms with Crippen molar-refractivity contribution in [1.29, 1.82) is 0 Å². The summed E-state index contributed by atoms with van der Waals surface area (Å²) < 4.78 is 5.70. The largest absolute Gasteiger partial charge is 0.494 e. The zero-order valence-corrected chi connectivity index (χ0v) is 12.6. The van der Waals surface area contributed by atoms with Crippen LogP contribution in [0.1, 0.15) is 32.6 Å². The van der Waals surface area contributed by atoms with Crippen LogP contribution in [0.2, 0.25) is 0 Å². The molecule has 0 amide bonds. The highest BCUT2D eigenvalue weighted by atomic mass is 32.2. The van der Waals surface area contributed by atoms with Crippen molar-refractivity contribution in [3.8, 4) is 5.75 Å². The number of hydrogen-bond donors (Lipinski definition) is 1. The van der Waals surface area contributed by atoms with E-state index in [0.29, 0.717) is 0 Å². The fraction of sp³-hybridized carbons (Fsp3) is 0.625. The lowest BCUT2D eigenvalue weighted by Crippen LogP contribution is -2.35. The van der Waals surface area contributed by atoms with Crippen LogP contribution in [0.5, 0.6) is 5.75 Å². The second-order valence-electron chi connectivity index (χ2n) is 5.00. The number of hydrogen-bond acceptors (Lipinski definition) is 3. The SMILES string of the molecule is CCSC1CCCC1NCCCOc1ccccc1. The maximum Gasteiger partial charge on any atom is 0.119 e. The minimum atomic E-state index is 0.724. The first-order chi connectivity index (χ1) is 9.40. The maximum absolute atomic E-state index is 5.70. The van der Waals surface area contributed by atoms with E-state index in [2.05, 4.69) is 24.0 Å². The summed E-state index contributed by atoms with van der Waals surface area (Å²) in [6.45, 7) is 4.13. The van der Waals surface area contributed by atoms with Crippen molar-refractivity contribution >= 4 is 11.8 Å². The molecule has 0 radical (unpaired) electrons. The summed E-state index contributed by atoms with van der Waals surface area (Å²) >= 11 is 2.11. The van der Waals surface area contributed by atoms with E-state index < -0.39 is 0 Å². The summed E-state index contributed by atoms with van der Waals surface area (Å²) in [4.78, 5) is 0. The van der Waals surface area contributed by atoms with Gasteiger partial charge in [0.05, 0.1) is 6.61 Å². The van der Waals surface area contributed by atoms with Crippen LogP contribution in [0, 0.1) is 0 Å². The van der Waals surface area contributed by atoms with Crippen LogP contribution in [0.3, 0.4) is 0 Å². The van der Waals surface area contributed by atoms with Crippen molar-refractivity contribution in [2.45, 2.75) is 43.9 Å². The van der Waals surface area contributed by atoms with Gasteiger partial charge in [-0.25, -0.2) is 0 Å². The Morgan fingerprint density at radius 1 is 1.26 bits per heavy atom. The van der Waals surface area contributed by atoms with Gasteiger partial charge in [-0.2, -0.15) is 11.8 Å². The predicted octanol–water partition coefficient (Wildman–Crippen LogP) is 3.72. The van der Waals surface area contributed by atoms with Gasteiger partial charge in [0.25, 0.3) is 0 Å². The molecule has 1 aromatic rings. The molecule has 1 fully saturated rings. The monoisotopic (exact) mass is 279 g/mol. The molecule has 2 rings (SSSR count). The molecule has 0 spiro atoms. The van der Waals surface area contributed by atoms with Gasteiger partial charge in [-0.15, -0.1) is 0 Å². The zero-order chi connectivity index (χ0) is 13.3. The van der Waals surface area contributed by atoms with Crippen LogP contribution in [-0.2, 0) is 0 Å². The third-order valence-corrected chi connectivity index (χ3v) is 4.90. The van der Waals surface area contributed by atoms with Gasteiger partial charge in [-0.05, 0) is 43.7 Å². The van der Waals surface area contributed by atoms with Gasteiger partial charge in [0.1, 0.15) is 5.75 Å². The predicted molar refractivity (Wildman–Crippen MR) is 84.1 cm³/mol. The Bertz CT molecular complexity index is 344. The second-order valence-corrected chi connectivity index (χ2v) is 6.52. The average Bonchev–Trinajstić information content (AvgIpc) is 2.88. The molecule has 0 aliphatic heterocycles. The summed E-state index contributed by atoms with van der Waals surface area (Å²) in [5, 5.41) is 4.54. The highest BCUT2D eigenvalue weighted by molar-refractivity contribution is 7.99. The molecule has 1 N–H and O–H groups in total. The van der Waals surface area contributed by atoms with Gasteiger partial charge in [-0.1, -0.05) is 31.5 Å². The molecular weight excluding hydrogens is 254 g/mol. The second kappa shape index (κ2) is 8.49. The molecule has 1 aromatic carbocycles. The first-order valence-corrected chi connectivity index (χ1v) is 8.48. The topological polar surface area (TPSA) is 21.3 Å². The Kier molecular flexibility index (Phi) is 6.58. The van der Waals surface area contributed by atoms with Crippen LogP contribution >= 0.6 is 11.8 Å². The molecule has 19 heavy (non-hydrogen) atoms. The fourth-order valence-corrected chi connectivity index (χ4v) is 3.87. The first-order valence-electron chi connectivity index (χ1n) is 7.43. The molecule has 2 nitrogen and oxygen atoms in total. The Morgan fingerprint density at radius 3 is 2.89 bits per heavy atom. The van der Waals surface area contributed by atoms with Crippen molar-refractivity contribution < 1.29 is 4.74 Å². The van der Waals surface area contributed by atoms with E-state index in [9.17, 15) is 0 Å². The maximum atomic E-state index is 5.70. The number of ether oxygens (including phenoxy) is 1. The van der Waals surface area contributed by atoms with Crippen molar-refractivity contribution in [3.05, 3.63) is 30.3 Å². The van der Waals surface area contributed by atoms with E-state index in [4.69, 9.17) is 4.74 Å². The first kappa shape index (κ1) is 14.7. The molecule has 1 aliphatic rings. The Hall–Kier alpha value is -0.670. The van der Waals surface area contributed by atoms with Crippen LogP contribution in [-0.4, -0.2) is 30.2 Å². The van der Waals surface area contributed by atoms with Gasteiger partial charge >= 0.3 is 0 Å². The normalized spacial score (nSPS) is 22.6. The van der Waals surface area contributed by atoms with Crippen LogP contribution in [0.4, 0.5) is 0 Å². The number of para-hydroxylation sites is 1. The Balaban J connectivity index is 1.56. The van der Waals surface area contributed by atoms with Crippen molar-refractivity contribution in [3.63, 3.8) is 0 Å². The minimum Gasteiger partial charge on any atom is -0.494 e. The Morgan fingerprint density at radius 2 is 2.11 bits per heavy atom. The van der Waals surface area contributed by atoms with Crippen molar-refractivity contribution in [2.24, 2.45) is 0 Å². The van der Waals surface area contributed by atoms with E-state index in [1.807, 2.05) is 30.3 Å². The number of rotatable bonds is 8. The fourth-order valence-electron chi connectivity index (χ4n) is 2.64. The quantitative estimate of drug-likeness (QED) is 0.733. The Labute approximate surface area is 121 Å². The molecule has 0 saturated heterocycles. The van der Waals surface area contributed by atoms with Crippen LogP contribution in [0.25, 0.3) is 0 Å². The highest BCUT2D eigenvalue weighted by Gasteiger charge is 2.26. The average molecular weight is 279 g/mol. The third-order valence-electron chi connectivity index (χ3n) is 3.57. The number of nitrogens with one attached hydrogen (secondary N) is 1. The number of thioether (sulfide) groups is 1. The smallest absolute Gasteiger partial charge is 0.119 e. The summed E-state index contributed by atoms with van der Waals surface area (Å²) in [5.41, 5.74) is 0. The summed E-state index contributed by atoms with van der Waals surface area (Å²) in [6, 6.07) is 10.8. The standard InChI is InChI=1S/C16H25NOS/c1-2-19-16-11-6-10-15(16)17-12-7-13-18-14-8-4-3-5-9-14/h3-5,8-9,15-17H,2,6-7,10-13H2,1H3. The minimum absolute atomic E-state index is 0.724. The van der Waals surface area contributed by atoms with Crippen molar-refractivity contribution in [1.82, 2.24) is 5.32 Å². The van der Waals surface area contributed by atoms with Gasteiger partial charge in [-0.3, -0.25) is 0 Å². The summed E-state index contributed by atoms with van der Waals surface area (Å²) in [6.07, 6.45) is 5.19. The van der Waals surface area contributed by atoms with E-state index in [1.165, 1.54) is 25.0 Å². The van der Waals surface area contributed by atoms with Gasteiger partial charge in [0.2, 0.25) is 0 Å². The summed E-state index contributed by atoms with van der Waals surface area (Å²) in [7, 11) is 0. The van der Waals surface area contributed by atoms with Gasteiger partial charge < -0.3 is 10.1 Å². The van der Waals surface area contributed by atoms with Gasteiger partial charge in [0, 0.05) is 11.3 Å². The summed E-state index contributed by atoms with van der Waals surface area (Å²) in [5.74, 6) is 2.21. The third kappa shape index (κ3) is 5.07. The lowest BCUT2D eigenvalue weighted by atomic mass is 10.2. The number of benzene rings is 1. The molecule has 2 atom stereocenters. The molecule has 2 unspecified atom stereocenters. The van der Waals surface area contributed by atoms with Crippen molar-refractivity contribution in [2.75, 3.05) is 18.9 Å². The zero-order valence-electron chi connectivity index (χ0n) is 11.8. The molecule has 1 aliphatic carbocycles. The lowest BCUT2D eigenvalue weighted by molar-refractivity contribution is 0.305. The molecule has 3 heteroatoms. The van der Waals surface area contributed by atoms with Crippen LogP contribution < -0.4 is 10.1 Å². The molecule has 106 valence electrons. The molecular formula is C16H25NOS.